The fourth-order valence-corrected chi connectivity index (χ4v) is 3.01. The number of ether oxygens (including phenoxy) is 1. The lowest BCUT2D eigenvalue weighted by molar-refractivity contribution is -0.119. The summed E-state index contributed by atoms with van der Waals surface area (Å²) in [6, 6.07) is 6.63. The average Bonchev–Trinajstić information content (AvgIpc) is 3.00. The largest absolute Gasteiger partial charge is 0.452 e. The highest BCUT2D eigenvalue weighted by molar-refractivity contribution is 7.22. The molecule has 1 N–H and O–H groups in total. The number of halogens is 4. The third-order valence-corrected chi connectivity index (χ3v) is 4.35. The Morgan fingerprint density at radius 1 is 1.15 bits per heavy atom. The lowest BCUT2D eigenvalue weighted by Crippen LogP contribution is -2.20. The molecule has 1 heterocycles. The molecule has 2 aromatic carbocycles. The number of amides is 1. The molecular formula is C16H8ClF3N2O3S. The molecule has 0 unspecified atom stereocenters. The number of carbonyl (C=O) groups excluding carboxylic acids is 2. The number of fused-ring (bicyclic) bond motifs is 1. The summed E-state index contributed by atoms with van der Waals surface area (Å²) in [6.45, 7) is -0.622. The summed E-state index contributed by atoms with van der Waals surface area (Å²) in [4.78, 5) is 27.3. The van der Waals surface area contributed by atoms with Gasteiger partial charge >= 0.3 is 5.97 Å². The van der Waals surface area contributed by atoms with Gasteiger partial charge in [0.25, 0.3) is 5.91 Å². The van der Waals surface area contributed by atoms with Gasteiger partial charge in [-0.1, -0.05) is 22.9 Å². The van der Waals surface area contributed by atoms with Gasteiger partial charge in [-0.2, -0.15) is 0 Å². The number of nitrogens with one attached hydrogen (secondary N) is 1. The molecule has 3 rings (SSSR count). The van der Waals surface area contributed by atoms with Crippen LogP contribution in [0.15, 0.2) is 30.3 Å². The Morgan fingerprint density at radius 2 is 1.85 bits per heavy atom. The minimum absolute atomic E-state index is 0.0230. The van der Waals surface area contributed by atoms with E-state index in [4.69, 9.17) is 16.3 Å². The number of nitrogens with zero attached hydrogens (tertiary/aromatic N) is 1. The van der Waals surface area contributed by atoms with E-state index in [9.17, 15) is 22.8 Å². The number of thiazole rings is 1. The normalized spacial score (nSPS) is 10.8. The summed E-state index contributed by atoms with van der Waals surface area (Å²) in [6.07, 6.45) is 0. The summed E-state index contributed by atoms with van der Waals surface area (Å²) in [5, 5.41) is 2.63. The molecule has 0 aliphatic rings. The fraction of sp³-hybridized carbons (Fsp3) is 0.0625. The maximum Gasteiger partial charge on any atom is 0.338 e. The van der Waals surface area contributed by atoms with Crippen molar-refractivity contribution in [2.75, 3.05) is 11.9 Å². The zero-order chi connectivity index (χ0) is 18.8. The quantitative estimate of drug-likeness (QED) is 0.527. The van der Waals surface area contributed by atoms with Crippen molar-refractivity contribution in [3.8, 4) is 0 Å². The predicted molar refractivity (Wildman–Crippen MR) is 89.9 cm³/mol. The van der Waals surface area contributed by atoms with Crippen LogP contribution in [0.1, 0.15) is 10.4 Å². The number of benzene rings is 2. The Bertz CT molecular complexity index is 1010. The minimum Gasteiger partial charge on any atom is -0.452 e. The first-order chi connectivity index (χ1) is 12.3. The summed E-state index contributed by atoms with van der Waals surface area (Å²) in [5.41, 5.74) is -0.197. The first-order valence-corrected chi connectivity index (χ1v) is 8.21. The third kappa shape index (κ3) is 3.78. The van der Waals surface area contributed by atoms with Gasteiger partial charge in [-0.25, -0.2) is 22.9 Å². The van der Waals surface area contributed by atoms with E-state index in [-0.39, 0.29) is 15.4 Å². The Morgan fingerprint density at radius 3 is 2.54 bits per heavy atom. The zero-order valence-corrected chi connectivity index (χ0v) is 14.3. The van der Waals surface area contributed by atoms with Gasteiger partial charge in [0.05, 0.1) is 10.3 Å². The molecule has 0 saturated heterocycles. The van der Waals surface area contributed by atoms with Crippen molar-refractivity contribution in [1.82, 2.24) is 4.98 Å². The van der Waals surface area contributed by atoms with E-state index in [0.717, 1.165) is 17.4 Å². The Hall–Kier alpha value is -2.65. The number of carbonyl (C=O) groups is 2. The first kappa shape index (κ1) is 18.2. The molecule has 1 aromatic heterocycles. The molecule has 134 valence electrons. The van der Waals surface area contributed by atoms with Gasteiger partial charge in [0, 0.05) is 5.02 Å². The van der Waals surface area contributed by atoms with Crippen LogP contribution in [0.25, 0.3) is 10.2 Å². The molecule has 0 atom stereocenters. The molecule has 0 radical (unpaired) electrons. The van der Waals surface area contributed by atoms with E-state index in [1.54, 1.807) is 0 Å². The van der Waals surface area contributed by atoms with Crippen LogP contribution in [-0.2, 0) is 9.53 Å². The van der Waals surface area contributed by atoms with E-state index >= 15 is 0 Å². The van der Waals surface area contributed by atoms with Crippen LogP contribution in [0, 0.1) is 17.5 Å². The van der Waals surface area contributed by atoms with Gasteiger partial charge in [-0.15, -0.1) is 0 Å². The monoisotopic (exact) mass is 400 g/mol. The van der Waals surface area contributed by atoms with E-state index in [2.05, 4.69) is 10.3 Å². The highest BCUT2D eigenvalue weighted by Crippen LogP contribution is 2.30. The Kier molecular flexibility index (Phi) is 5.10. The molecular weight excluding hydrogens is 393 g/mol. The van der Waals surface area contributed by atoms with Crippen LogP contribution in [0.5, 0.6) is 0 Å². The van der Waals surface area contributed by atoms with E-state index < -0.39 is 41.5 Å². The highest BCUT2D eigenvalue weighted by atomic mass is 35.5. The minimum atomic E-state index is -1.64. The van der Waals surface area contributed by atoms with Crippen molar-refractivity contribution in [3.63, 3.8) is 0 Å². The number of aromatic nitrogens is 1. The van der Waals surface area contributed by atoms with Crippen LogP contribution >= 0.6 is 22.9 Å². The summed E-state index contributed by atoms with van der Waals surface area (Å²) in [7, 11) is 0. The van der Waals surface area contributed by atoms with Crippen molar-refractivity contribution < 1.29 is 27.5 Å². The van der Waals surface area contributed by atoms with E-state index in [1.165, 1.54) is 24.3 Å². The van der Waals surface area contributed by atoms with Crippen molar-refractivity contribution >= 4 is 50.2 Å². The molecule has 0 spiro atoms. The molecule has 0 saturated carbocycles. The summed E-state index contributed by atoms with van der Waals surface area (Å²) in [5.74, 6) is -5.92. The topological polar surface area (TPSA) is 68.3 Å². The molecule has 5 nitrogen and oxygen atoms in total. The second-order valence-electron chi connectivity index (χ2n) is 4.98. The molecule has 26 heavy (non-hydrogen) atoms. The Balaban J connectivity index is 1.65. The number of hydrogen-bond donors (Lipinski definition) is 1. The highest BCUT2D eigenvalue weighted by Gasteiger charge is 2.18. The second kappa shape index (κ2) is 7.30. The molecule has 0 bridgehead atoms. The number of esters is 1. The van der Waals surface area contributed by atoms with Crippen molar-refractivity contribution in [3.05, 3.63) is 58.4 Å². The van der Waals surface area contributed by atoms with E-state index in [1.807, 2.05) is 0 Å². The van der Waals surface area contributed by atoms with Gasteiger partial charge in [-0.05, 0) is 30.3 Å². The molecule has 0 fully saturated rings. The lowest BCUT2D eigenvalue weighted by atomic mass is 10.2. The van der Waals surface area contributed by atoms with E-state index in [0.29, 0.717) is 5.02 Å². The summed E-state index contributed by atoms with van der Waals surface area (Å²) >= 11 is 6.45. The molecule has 3 aromatic rings. The van der Waals surface area contributed by atoms with Gasteiger partial charge in [-0.3, -0.25) is 10.1 Å². The SMILES string of the molecule is O=C(COC(=O)c1ccc(Cl)cc1)Nc1nc2c(F)c(F)c(F)cc2s1. The maximum atomic E-state index is 13.6. The predicted octanol–water partition coefficient (Wildman–Crippen LogP) is 4.16. The lowest BCUT2D eigenvalue weighted by Gasteiger charge is -2.04. The van der Waals surface area contributed by atoms with Gasteiger partial charge in [0.2, 0.25) is 0 Å². The zero-order valence-electron chi connectivity index (χ0n) is 12.7. The van der Waals surface area contributed by atoms with Crippen molar-refractivity contribution in [2.24, 2.45) is 0 Å². The van der Waals surface area contributed by atoms with Crippen LogP contribution in [0.4, 0.5) is 18.3 Å². The van der Waals surface area contributed by atoms with Crippen LogP contribution in [0.3, 0.4) is 0 Å². The van der Waals surface area contributed by atoms with Crippen LogP contribution in [-0.4, -0.2) is 23.5 Å². The van der Waals surface area contributed by atoms with Crippen molar-refractivity contribution in [2.45, 2.75) is 0 Å². The van der Waals surface area contributed by atoms with Crippen molar-refractivity contribution in [1.29, 1.82) is 0 Å². The number of rotatable bonds is 4. The summed E-state index contributed by atoms with van der Waals surface area (Å²) < 4.78 is 44.8. The third-order valence-electron chi connectivity index (χ3n) is 3.18. The molecule has 1 amide bonds. The standard InChI is InChI=1S/C16H8ClF3N2O3S/c17-8-3-1-7(2-4-8)15(24)25-6-11(23)21-16-22-14-10(26-16)5-9(18)12(19)13(14)20/h1-5H,6H2,(H,21,22,23). The average molecular weight is 401 g/mol. The van der Waals surface area contributed by atoms with Gasteiger partial charge < -0.3 is 4.74 Å². The number of hydrogen-bond acceptors (Lipinski definition) is 5. The van der Waals surface area contributed by atoms with Crippen LogP contribution < -0.4 is 5.32 Å². The van der Waals surface area contributed by atoms with Crippen LogP contribution in [0.2, 0.25) is 5.02 Å². The molecule has 10 heteroatoms. The molecule has 0 aliphatic carbocycles. The van der Waals surface area contributed by atoms with Gasteiger partial charge in [0.15, 0.2) is 29.2 Å². The Labute approximate surface area is 153 Å². The fourth-order valence-electron chi connectivity index (χ4n) is 1.98. The first-order valence-electron chi connectivity index (χ1n) is 7.01. The van der Waals surface area contributed by atoms with Gasteiger partial charge in [0.1, 0.15) is 5.52 Å². The molecule has 0 aliphatic heterocycles. The number of anilines is 1. The second-order valence-corrected chi connectivity index (χ2v) is 6.45. The maximum absolute atomic E-state index is 13.6. The smallest absolute Gasteiger partial charge is 0.338 e.